The zero-order valence-corrected chi connectivity index (χ0v) is 6.14. The van der Waals surface area contributed by atoms with Gasteiger partial charge >= 0.3 is 0 Å². The van der Waals surface area contributed by atoms with E-state index in [1.165, 1.54) is 12.5 Å². The van der Waals surface area contributed by atoms with E-state index in [9.17, 15) is 4.79 Å². The number of nitrogens with zero attached hydrogens (tertiary/aromatic N) is 3. The number of hydrogen-bond acceptors (Lipinski definition) is 4. The fraction of sp³-hybridized carbons (Fsp3) is 0. The van der Waals surface area contributed by atoms with Gasteiger partial charge in [-0.3, -0.25) is 4.79 Å². The summed E-state index contributed by atoms with van der Waals surface area (Å²) in [6.45, 7) is 0. The Kier molecular flexibility index (Phi) is 3.23. The van der Waals surface area contributed by atoms with Crippen LogP contribution in [0.25, 0.3) is 0 Å². The molecule has 0 unspecified atom stereocenters. The van der Waals surface area contributed by atoms with E-state index in [4.69, 9.17) is 0 Å². The fourth-order valence-corrected chi connectivity index (χ4v) is 0.464. The predicted octanol–water partition coefficient (Wildman–Crippen LogP) is -0.425. The second-order valence-electron chi connectivity index (χ2n) is 1.76. The van der Waals surface area contributed by atoms with Gasteiger partial charge in [0.25, 0.3) is 5.56 Å². The monoisotopic (exact) mass is 165 g/mol. The number of rotatable bonds is 0. The zero-order valence-electron chi connectivity index (χ0n) is 6.14. The number of H-pyrrole nitrogens is 2. The molecule has 0 aliphatic rings. The van der Waals surface area contributed by atoms with Crippen LogP contribution in [-0.4, -0.2) is 25.4 Å². The van der Waals surface area contributed by atoms with Crippen molar-refractivity contribution in [2.75, 3.05) is 0 Å². The summed E-state index contributed by atoms with van der Waals surface area (Å²) < 4.78 is 0. The van der Waals surface area contributed by atoms with Crippen LogP contribution in [-0.2, 0) is 0 Å². The number of aromatic nitrogens is 5. The lowest BCUT2D eigenvalue weighted by atomic mass is 10.7. The molecule has 0 bridgehead atoms. The Bertz CT molecular complexity index is 297. The SMILES string of the molecule is O=c1cn[nH][nH]1.c1cncnc1. The van der Waals surface area contributed by atoms with Crippen LogP contribution in [0.2, 0.25) is 0 Å². The summed E-state index contributed by atoms with van der Waals surface area (Å²) in [5, 5.41) is 7.78. The van der Waals surface area contributed by atoms with Gasteiger partial charge in [0, 0.05) is 12.4 Å². The molecule has 0 radical (unpaired) electrons. The van der Waals surface area contributed by atoms with Crippen molar-refractivity contribution in [3.63, 3.8) is 0 Å². The molecular weight excluding hydrogens is 158 g/mol. The standard InChI is InChI=1S/C4H4N2.C2H3N3O/c1-2-5-4-6-3-1;6-2-1-3-5-4-2/h1-4H;1H,(H2,3,4,5,6). The Morgan fingerprint density at radius 3 is 2.17 bits per heavy atom. The summed E-state index contributed by atoms with van der Waals surface area (Å²) in [4.78, 5) is 17.3. The Morgan fingerprint density at radius 1 is 1.25 bits per heavy atom. The van der Waals surface area contributed by atoms with E-state index < -0.39 is 0 Å². The maximum Gasteiger partial charge on any atom is 0.283 e. The molecule has 12 heavy (non-hydrogen) atoms. The molecule has 0 amide bonds. The number of aromatic amines is 2. The van der Waals surface area contributed by atoms with Crippen LogP contribution in [0.15, 0.2) is 35.8 Å². The van der Waals surface area contributed by atoms with Crippen LogP contribution >= 0.6 is 0 Å². The fourth-order valence-electron chi connectivity index (χ4n) is 0.464. The van der Waals surface area contributed by atoms with E-state index in [1.807, 2.05) is 0 Å². The van der Waals surface area contributed by atoms with Gasteiger partial charge in [-0.1, -0.05) is 0 Å². The highest BCUT2D eigenvalue weighted by molar-refractivity contribution is 4.74. The van der Waals surface area contributed by atoms with E-state index >= 15 is 0 Å². The Hall–Kier alpha value is -1.98. The average molecular weight is 165 g/mol. The molecule has 0 saturated heterocycles. The summed E-state index contributed by atoms with van der Waals surface area (Å²) in [6, 6.07) is 1.78. The quantitative estimate of drug-likeness (QED) is 0.554. The summed E-state index contributed by atoms with van der Waals surface area (Å²) in [6.07, 6.45) is 6.04. The van der Waals surface area contributed by atoms with Gasteiger partial charge in [-0.15, -0.1) is 0 Å². The molecule has 6 nitrogen and oxygen atoms in total. The summed E-state index contributed by atoms with van der Waals surface area (Å²) in [7, 11) is 0. The van der Waals surface area contributed by atoms with E-state index in [0.717, 1.165) is 0 Å². The Labute approximate surface area is 67.7 Å². The molecular formula is C6H7N5O. The second-order valence-corrected chi connectivity index (χ2v) is 1.76. The highest BCUT2D eigenvalue weighted by atomic mass is 16.1. The molecule has 0 aliphatic heterocycles. The largest absolute Gasteiger partial charge is 0.283 e. The van der Waals surface area contributed by atoms with Crippen molar-refractivity contribution < 1.29 is 0 Å². The van der Waals surface area contributed by atoms with Crippen molar-refractivity contribution >= 4 is 0 Å². The minimum absolute atomic E-state index is 0.199. The van der Waals surface area contributed by atoms with Crippen molar-refractivity contribution in [1.29, 1.82) is 0 Å². The van der Waals surface area contributed by atoms with Gasteiger partial charge in [-0.2, -0.15) is 5.10 Å². The van der Waals surface area contributed by atoms with Crippen LogP contribution in [0.4, 0.5) is 0 Å². The van der Waals surface area contributed by atoms with Gasteiger partial charge in [0.2, 0.25) is 0 Å². The lowest BCUT2D eigenvalue weighted by Crippen LogP contribution is -1.93. The van der Waals surface area contributed by atoms with Crippen LogP contribution in [0.1, 0.15) is 0 Å². The third-order valence-corrected chi connectivity index (χ3v) is 0.903. The topological polar surface area (TPSA) is 87.3 Å². The first kappa shape index (κ1) is 8.12. The van der Waals surface area contributed by atoms with Crippen molar-refractivity contribution in [3.8, 4) is 0 Å². The first-order valence-electron chi connectivity index (χ1n) is 3.17. The molecule has 0 atom stereocenters. The summed E-state index contributed by atoms with van der Waals surface area (Å²) in [5.41, 5.74) is -0.199. The van der Waals surface area contributed by atoms with Crippen LogP contribution < -0.4 is 5.56 Å². The first-order chi connectivity index (χ1) is 5.89. The first-order valence-corrected chi connectivity index (χ1v) is 3.17. The van der Waals surface area contributed by atoms with Gasteiger partial charge < -0.3 is 0 Å². The molecule has 0 aliphatic carbocycles. The van der Waals surface area contributed by atoms with E-state index in [1.54, 1.807) is 18.5 Å². The van der Waals surface area contributed by atoms with Crippen molar-refractivity contribution in [2.45, 2.75) is 0 Å². The molecule has 2 aromatic rings. The third kappa shape index (κ3) is 3.25. The summed E-state index contributed by atoms with van der Waals surface area (Å²) in [5.74, 6) is 0. The number of nitrogens with one attached hydrogen (secondary N) is 2. The maximum absolute atomic E-state index is 9.92. The smallest absolute Gasteiger partial charge is 0.266 e. The molecule has 0 fully saturated rings. The van der Waals surface area contributed by atoms with Gasteiger partial charge in [-0.25, -0.2) is 20.3 Å². The van der Waals surface area contributed by atoms with E-state index in [0.29, 0.717) is 0 Å². The van der Waals surface area contributed by atoms with E-state index in [2.05, 4.69) is 25.4 Å². The molecule has 6 heteroatoms. The van der Waals surface area contributed by atoms with Crippen LogP contribution in [0.5, 0.6) is 0 Å². The van der Waals surface area contributed by atoms with Gasteiger partial charge in [-0.05, 0) is 6.07 Å². The minimum atomic E-state index is -0.199. The summed E-state index contributed by atoms with van der Waals surface area (Å²) >= 11 is 0. The molecule has 2 heterocycles. The van der Waals surface area contributed by atoms with E-state index in [-0.39, 0.29) is 5.56 Å². The van der Waals surface area contributed by atoms with Crippen molar-refractivity contribution in [2.24, 2.45) is 0 Å². The second kappa shape index (κ2) is 4.78. The Balaban J connectivity index is 0.000000120. The normalized spacial score (nSPS) is 8.33. The molecule has 2 N–H and O–H groups in total. The molecule has 0 saturated carbocycles. The molecule has 2 aromatic heterocycles. The molecule has 62 valence electrons. The van der Waals surface area contributed by atoms with Crippen LogP contribution in [0.3, 0.4) is 0 Å². The average Bonchev–Trinajstić information content (AvgIpc) is 2.60. The van der Waals surface area contributed by atoms with Crippen LogP contribution in [0, 0.1) is 0 Å². The lowest BCUT2D eigenvalue weighted by Gasteiger charge is -1.70. The van der Waals surface area contributed by atoms with Crippen molar-refractivity contribution in [1.82, 2.24) is 25.4 Å². The highest BCUT2D eigenvalue weighted by Gasteiger charge is 1.71. The zero-order chi connectivity index (χ0) is 8.65. The lowest BCUT2D eigenvalue weighted by molar-refractivity contribution is 0.930. The molecule has 0 aromatic carbocycles. The van der Waals surface area contributed by atoms with Gasteiger partial charge in [0.15, 0.2) is 0 Å². The molecule has 0 spiro atoms. The van der Waals surface area contributed by atoms with Gasteiger partial charge in [0.1, 0.15) is 12.5 Å². The maximum atomic E-state index is 9.92. The Morgan fingerprint density at radius 2 is 2.00 bits per heavy atom. The number of hydrogen-bond donors (Lipinski definition) is 2. The third-order valence-electron chi connectivity index (χ3n) is 0.903. The predicted molar refractivity (Wildman–Crippen MR) is 41.2 cm³/mol. The van der Waals surface area contributed by atoms with Gasteiger partial charge in [0.05, 0.1) is 0 Å². The molecule has 2 rings (SSSR count). The van der Waals surface area contributed by atoms with Crippen molar-refractivity contribution in [3.05, 3.63) is 41.3 Å². The highest BCUT2D eigenvalue weighted by Crippen LogP contribution is 1.66. The minimum Gasteiger partial charge on any atom is -0.266 e.